The molecule has 0 aliphatic carbocycles. The second-order valence-corrected chi connectivity index (χ2v) is 15.6. The molecular formula is C40H75O9P. The number of rotatable bonds is 37. The van der Waals surface area contributed by atoms with Crippen molar-refractivity contribution in [3.63, 3.8) is 0 Å². The summed E-state index contributed by atoms with van der Waals surface area (Å²) in [5.74, 6) is -0.899. The summed E-state index contributed by atoms with van der Waals surface area (Å²) < 4.78 is 32.2. The molecule has 0 radical (unpaired) electrons. The molecule has 0 amide bonds. The van der Waals surface area contributed by atoms with Crippen molar-refractivity contribution in [1.82, 2.24) is 0 Å². The molecule has 10 heteroatoms. The van der Waals surface area contributed by atoms with Crippen LogP contribution in [0.4, 0.5) is 0 Å². The summed E-state index contributed by atoms with van der Waals surface area (Å²) in [7, 11) is -4.76. The Morgan fingerprint density at radius 3 is 1.64 bits per heavy atom. The van der Waals surface area contributed by atoms with E-state index < -0.39 is 32.5 Å². The minimum atomic E-state index is -4.76. The summed E-state index contributed by atoms with van der Waals surface area (Å²) in [5.41, 5.74) is 0. The Hall–Kier alpha value is -1.25. The van der Waals surface area contributed by atoms with Crippen LogP contribution in [0.5, 0.6) is 0 Å². The van der Waals surface area contributed by atoms with Crippen LogP contribution in [0.25, 0.3) is 0 Å². The van der Waals surface area contributed by atoms with Crippen molar-refractivity contribution >= 4 is 19.8 Å². The number of esters is 2. The van der Waals surface area contributed by atoms with Crippen molar-refractivity contribution in [3.8, 4) is 0 Å². The van der Waals surface area contributed by atoms with Gasteiger partial charge in [-0.25, -0.2) is 4.57 Å². The second kappa shape index (κ2) is 32.4. The molecule has 0 aromatic carbocycles. The van der Waals surface area contributed by atoms with E-state index in [4.69, 9.17) is 24.0 Å². The number of epoxide rings is 1. The maximum absolute atomic E-state index is 12.4. The summed E-state index contributed by atoms with van der Waals surface area (Å²) in [6.45, 7) is 3.65. The molecule has 1 aliphatic rings. The highest BCUT2D eigenvalue weighted by molar-refractivity contribution is 7.46. The number of phosphoric acid groups is 1. The van der Waals surface area contributed by atoms with Crippen molar-refractivity contribution in [3.05, 3.63) is 12.2 Å². The van der Waals surface area contributed by atoms with Gasteiger partial charge in [0.05, 0.1) is 18.8 Å². The average molecular weight is 731 g/mol. The van der Waals surface area contributed by atoms with Gasteiger partial charge in [0, 0.05) is 12.8 Å². The summed E-state index contributed by atoms with van der Waals surface area (Å²) in [6, 6.07) is 0. The maximum atomic E-state index is 12.4. The quantitative estimate of drug-likeness (QED) is 0.0211. The maximum Gasteiger partial charge on any atom is 0.469 e. The number of carbonyl (C=O) groups excluding carboxylic acids is 2. The van der Waals surface area contributed by atoms with Gasteiger partial charge >= 0.3 is 19.8 Å². The van der Waals surface area contributed by atoms with E-state index in [0.717, 1.165) is 64.2 Å². The van der Waals surface area contributed by atoms with Gasteiger partial charge in [-0.15, -0.1) is 0 Å². The van der Waals surface area contributed by atoms with Crippen LogP contribution in [0.2, 0.25) is 0 Å². The lowest BCUT2D eigenvalue weighted by Crippen LogP contribution is -2.29. The molecule has 0 spiro atoms. The Morgan fingerprint density at radius 2 is 1.10 bits per heavy atom. The summed E-state index contributed by atoms with van der Waals surface area (Å²) in [4.78, 5) is 42.8. The zero-order valence-electron chi connectivity index (χ0n) is 32.0. The number of carbonyl (C=O) groups is 2. The van der Waals surface area contributed by atoms with E-state index in [0.29, 0.717) is 25.0 Å². The molecule has 1 rings (SSSR count). The van der Waals surface area contributed by atoms with Gasteiger partial charge in [0.2, 0.25) is 0 Å². The largest absolute Gasteiger partial charge is 0.469 e. The van der Waals surface area contributed by atoms with E-state index >= 15 is 0 Å². The third-order valence-corrected chi connectivity index (χ3v) is 9.94. The molecule has 2 unspecified atom stereocenters. The standard InChI is InChI=1S/C40H75O9P/c1-3-5-7-9-11-12-13-14-15-16-17-18-19-20-24-29-33-40(42)48-36(35-47-50(43,44)45)34-46-39(41)32-28-25-21-23-27-31-38-37(49-38)30-26-22-10-8-6-4-2/h22,26,36-38H,3-21,23-25,27-35H2,1-2H3,(H2,43,44,45)/b26-22-/t36-,37?,38?/m1/s1. The van der Waals surface area contributed by atoms with Crippen LogP contribution in [0.3, 0.4) is 0 Å². The van der Waals surface area contributed by atoms with Gasteiger partial charge < -0.3 is 24.0 Å². The van der Waals surface area contributed by atoms with Crippen LogP contribution in [-0.4, -0.2) is 53.3 Å². The smallest absolute Gasteiger partial charge is 0.462 e. The van der Waals surface area contributed by atoms with Crippen molar-refractivity contribution < 1.29 is 42.7 Å². The fourth-order valence-electron chi connectivity index (χ4n) is 6.26. The highest BCUT2D eigenvalue weighted by Crippen LogP contribution is 2.36. The number of allylic oxidation sites excluding steroid dienone is 1. The Labute approximate surface area is 305 Å². The van der Waals surface area contributed by atoms with Crippen molar-refractivity contribution in [2.24, 2.45) is 0 Å². The first-order valence-electron chi connectivity index (χ1n) is 20.6. The molecule has 0 bridgehead atoms. The van der Waals surface area contributed by atoms with Crippen LogP contribution in [0.1, 0.15) is 200 Å². The SMILES string of the molecule is CCCCC/C=C\CC1OC1CCCCCCCC(=O)OC[C@H](COP(=O)(O)O)OC(=O)CCCCCCCCCCCCCCCCCC. The number of hydrogen-bond donors (Lipinski definition) is 2. The minimum absolute atomic E-state index is 0.211. The molecule has 50 heavy (non-hydrogen) atoms. The molecule has 9 nitrogen and oxygen atoms in total. The normalized spacial score (nSPS) is 16.6. The average Bonchev–Trinajstić information content (AvgIpc) is 3.84. The van der Waals surface area contributed by atoms with E-state index in [1.54, 1.807) is 0 Å². The van der Waals surface area contributed by atoms with Crippen LogP contribution in [0.15, 0.2) is 12.2 Å². The third kappa shape index (κ3) is 31.5. The summed E-state index contributed by atoms with van der Waals surface area (Å²) >= 11 is 0. The lowest BCUT2D eigenvalue weighted by Gasteiger charge is -2.18. The van der Waals surface area contributed by atoms with Crippen LogP contribution < -0.4 is 0 Å². The lowest BCUT2D eigenvalue weighted by molar-refractivity contribution is -0.161. The molecular weight excluding hydrogens is 655 g/mol. The van der Waals surface area contributed by atoms with E-state index in [9.17, 15) is 14.2 Å². The molecule has 0 aromatic heterocycles. The molecule has 3 atom stereocenters. The van der Waals surface area contributed by atoms with Gasteiger partial charge in [-0.2, -0.15) is 0 Å². The molecule has 1 aliphatic heterocycles. The predicted octanol–water partition coefficient (Wildman–Crippen LogP) is 11.2. The first-order chi connectivity index (χ1) is 24.2. The molecule has 1 heterocycles. The number of phosphoric ester groups is 1. The van der Waals surface area contributed by atoms with Gasteiger partial charge in [0.1, 0.15) is 6.61 Å². The molecule has 1 saturated heterocycles. The van der Waals surface area contributed by atoms with Gasteiger partial charge in [0.15, 0.2) is 6.10 Å². The van der Waals surface area contributed by atoms with E-state index in [1.807, 2.05) is 0 Å². The topological polar surface area (TPSA) is 132 Å². The van der Waals surface area contributed by atoms with Gasteiger partial charge in [-0.1, -0.05) is 161 Å². The fraction of sp³-hybridized carbons (Fsp3) is 0.900. The van der Waals surface area contributed by atoms with Gasteiger partial charge in [-0.3, -0.25) is 14.1 Å². The molecule has 0 saturated carbocycles. The zero-order chi connectivity index (χ0) is 36.5. The second-order valence-electron chi connectivity index (χ2n) is 14.4. The van der Waals surface area contributed by atoms with Crippen molar-refractivity contribution in [1.29, 1.82) is 0 Å². The Balaban J connectivity index is 2.06. The highest BCUT2D eigenvalue weighted by atomic mass is 31.2. The monoisotopic (exact) mass is 731 g/mol. The van der Waals surface area contributed by atoms with Crippen LogP contribution in [0, 0.1) is 0 Å². The molecule has 0 aromatic rings. The fourth-order valence-corrected chi connectivity index (χ4v) is 6.62. The van der Waals surface area contributed by atoms with Crippen LogP contribution in [-0.2, 0) is 32.9 Å². The first-order valence-corrected chi connectivity index (χ1v) is 22.1. The molecule has 1 fully saturated rings. The molecule has 2 N–H and O–H groups in total. The number of ether oxygens (including phenoxy) is 3. The van der Waals surface area contributed by atoms with E-state index in [1.165, 1.54) is 96.3 Å². The van der Waals surface area contributed by atoms with Gasteiger partial charge in [0.25, 0.3) is 0 Å². The van der Waals surface area contributed by atoms with Crippen molar-refractivity contribution in [2.75, 3.05) is 13.2 Å². The Bertz CT molecular complexity index is 890. The van der Waals surface area contributed by atoms with Gasteiger partial charge in [-0.05, 0) is 38.5 Å². The third-order valence-electron chi connectivity index (χ3n) is 9.46. The first kappa shape index (κ1) is 46.8. The van der Waals surface area contributed by atoms with Crippen LogP contribution >= 0.6 is 7.82 Å². The highest BCUT2D eigenvalue weighted by Gasteiger charge is 2.36. The Kier molecular flexibility index (Phi) is 30.3. The van der Waals surface area contributed by atoms with Crippen molar-refractivity contribution in [2.45, 2.75) is 218 Å². The Morgan fingerprint density at radius 1 is 0.620 bits per heavy atom. The summed E-state index contributed by atoms with van der Waals surface area (Å²) in [6.07, 6.45) is 36.6. The van der Waals surface area contributed by atoms with E-state index in [2.05, 4.69) is 30.5 Å². The predicted molar refractivity (Wildman–Crippen MR) is 202 cm³/mol. The zero-order valence-corrected chi connectivity index (χ0v) is 32.9. The lowest BCUT2D eigenvalue weighted by atomic mass is 10.0. The number of hydrogen-bond acceptors (Lipinski definition) is 7. The minimum Gasteiger partial charge on any atom is -0.462 e. The molecule has 294 valence electrons. The summed E-state index contributed by atoms with van der Waals surface area (Å²) in [5, 5.41) is 0. The van der Waals surface area contributed by atoms with E-state index in [-0.39, 0.29) is 19.4 Å². The number of unbranched alkanes of at least 4 members (excludes halogenated alkanes) is 22.